The van der Waals surface area contributed by atoms with Crippen LogP contribution in [0.25, 0.3) is 0 Å². The Morgan fingerprint density at radius 2 is 1.55 bits per heavy atom. The zero-order chi connectivity index (χ0) is 21.8. The second-order valence-corrected chi connectivity index (χ2v) is 7.37. The molecule has 4 rings (SSSR count). The smallest absolute Gasteiger partial charge is 0.412 e. The minimum atomic E-state index is -0.591. The molecule has 0 saturated carbocycles. The fourth-order valence-electron chi connectivity index (χ4n) is 3.62. The quantitative estimate of drug-likeness (QED) is 0.635. The molecule has 2 aliphatic heterocycles. The van der Waals surface area contributed by atoms with Gasteiger partial charge in [0, 0.05) is 16.9 Å². The van der Waals surface area contributed by atoms with Gasteiger partial charge in [-0.2, -0.15) is 0 Å². The molecular formula is C22H23N3O6. The molecule has 4 atom stereocenters. The first-order chi connectivity index (χ1) is 15.0. The highest BCUT2D eigenvalue weighted by atomic mass is 16.6. The highest BCUT2D eigenvalue weighted by Crippen LogP contribution is 2.29. The Morgan fingerprint density at radius 3 is 2.26 bits per heavy atom. The Labute approximate surface area is 179 Å². The molecule has 162 valence electrons. The number of hydrogen-bond acceptors (Lipinski definition) is 6. The highest BCUT2D eigenvalue weighted by Gasteiger charge is 2.50. The molecule has 2 aromatic rings. The zero-order valence-corrected chi connectivity index (χ0v) is 16.9. The summed E-state index contributed by atoms with van der Waals surface area (Å²) in [4.78, 5) is 35.8. The van der Waals surface area contributed by atoms with Crippen molar-refractivity contribution in [1.82, 2.24) is 5.32 Å². The molecule has 2 aliphatic rings. The van der Waals surface area contributed by atoms with E-state index in [4.69, 9.17) is 14.2 Å². The Kier molecular flexibility index (Phi) is 6.15. The number of amides is 3. The molecule has 0 spiro atoms. The number of benzene rings is 2. The molecule has 9 heteroatoms. The number of rotatable bonds is 5. The van der Waals surface area contributed by atoms with Crippen molar-refractivity contribution >= 4 is 29.3 Å². The van der Waals surface area contributed by atoms with Crippen LogP contribution in [0.1, 0.15) is 17.3 Å². The summed E-state index contributed by atoms with van der Waals surface area (Å²) >= 11 is 0. The SMILES string of the molecule is CC(=O)c1ccc(NC(=O)N[C@@H]2CO[C@@H]3[C@@H]2OC[C@H]3OC(=O)Nc2ccccc2)cc1. The van der Waals surface area contributed by atoms with Gasteiger partial charge in [-0.15, -0.1) is 0 Å². The van der Waals surface area contributed by atoms with Crippen LogP contribution in [0.15, 0.2) is 54.6 Å². The first-order valence-electron chi connectivity index (χ1n) is 9.94. The standard InChI is InChI=1S/C22H23N3O6/c1-13(26)14-7-9-16(10-8-14)23-21(27)25-17-11-29-20-18(12-30-19(17)20)31-22(28)24-15-5-3-2-4-6-15/h2-10,17-20H,11-12H2,1H3,(H,24,28)(H2,23,25,27)/t17-,18-,19-,20+/m1/s1. The number of urea groups is 1. The minimum Gasteiger partial charge on any atom is -0.441 e. The lowest BCUT2D eigenvalue weighted by Gasteiger charge is -2.18. The number of carbonyl (C=O) groups excluding carboxylic acids is 3. The topological polar surface area (TPSA) is 115 Å². The van der Waals surface area contributed by atoms with Gasteiger partial charge >= 0.3 is 12.1 Å². The van der Waals surface area contributed by atoms with Crippen molar-refractivity contribution in [1.29, 1.82) is 0 Å². The second-order valence-electron chi connectivity index (χ2n) is 7.37. The van der Waals surface area contributed by atoms with Gasteiger partial charge in [-0.25, -0.2) is 9.59 Å². The van der Waals surface area contributed by atoms with Crippen LogP contribution in [0.4, 0.5) is 21.0 Å². The average Bonchev–Trinajstić information content (AvgIpc) is 3.32. The number of fused-ring (bicyclic) bond motifs is 1. The predicted octanol–water partition coefficient (Wildman–Crippen LogP) is 2.79. The van der Waals surface area contributed by atoms with Crippen molar-refractivity contribution in [2.75, 3.05) is 23.8 Å². The Bertz CT molecular complexity index is 949. The summed E-state index contributed by atoms with van der Waals surface area (Å²) in [5.41, 5.74) is 1.76. The lowest BCUT2D eigenvalue weighted by atomic mass is 10.1. The first kappa shape index (κ1) is 20.8. The molecule has 2 fully saturated rings. The molecule has 0 radical (unpaired) electrons. The van der Waals surface area contributed by atoms with Crippen LogP contribution in [0.3, 0.4) is 0 Å². The minimum absolute atomic E-state index is 0.0437. The lowest BCUT2D eigenvalue weighted by molar-refractivity contribution is 0.00873. The number of para-hydroxylation sites is 1. The highest BCUT2D eigenvalue weighted by molar-refractivity contribution is 5.95. The van der Waals surface area contributed by atoms with E-state index >= 15 is 0 Å². The maximum atomic E-state index is 12.3. The van der Waals surface area contributed by atoms with Gasteiger partial charge in [0.25, 0.3) is 0 Å². The van der Waals surface area contributed by atoms with Crippen LogP contribution in [0, 0.1) is 0 Å². The monoisotopic (exact) mass is 425 g/mol. The van der Waals surface area contributed by atoms with E-state index in [1.54, 1.807) is 36.4 Å². The Morgan fingerprint density at radius 1 is 0.871 bits per heavy atom. The van der Waals surface area contributed by atoms with E-state index in [9.17, 15) is 14.4 Å². The molecule has 3 amide bonds. The maximum Gasteiger partial charge on any atom is 0.412 e. The van der Waals surface area contributed by atoms with E-state index in [2.05, 4.69) is 16.0 Å². The Hall–Kier alpha value is -3.43. The molecule has 31 heavy (non-hydrogen) atoms. The van der Waals surface area contributed by atoms with Gasteiger partial charge in [0.05, 0.1) is 19.3 Å². The van der Waals surface area contributed by atoms with E-state index in [0.29, 0.717) is 16.9 Å². The van der Waals surface area contributed by atoms with Crippen molar-refractivity contribution in [2.24, 2.45) is 0 Å². The Balaban J connectivity index is 1.27. The van der Waals surface area contributed by atoms with E-state index < -0.39 is 30.4 Å². The molecule has 3 N–H and O–H groups in total. The summed E-state index contributed by atoms with van der Waals surface area (Å²) in [5.74, 6) is -0.0437. The van der Waals surface area contributed by atoms with Gasteiger partial charge in [-0.1, -0.05) is 18.2 Å². The largest absolute Gasteiger partial charge is 0.441 e. The average molecular weight is 425 g/mol. The van der Waals surface area contributed by atoms with Gasteiger partial charge < -0.3 is 24.8 Å². The van der Waals surface area contributed by atoms with Gasteiger partial charge in [-0.05, 0) is 43.3 Å². The lowest BCUT2D eigenvalue weighted by Crippen LogP contribution is -2.46. The van der Waals surface area contributed by atoms with Crippen molar-refractivity contribution in [3.05, 3.63) is 60.2 Å². The van der Waals surface area contributed by atoms with Crippen LogP contribution in [0.5, 0.6) is 0 Å². The summed E-state index contributed by atoms with van der Waals surface area (Å²) < 4.78 is 16.9. The fraction of sp³-hybridized carbons (Fsp3) is 0.318. The van der Waals surface area contributed by atoms with Crippen LogP contribution < -0.4 is 16.0 Å². The number of hydrogen-bond donors (Lipinski definition) is 3. The third-order valence-electron chi connectivity index (χ3n) is 5.15. The number of carbonyl (C=O) groups is 3. The van der Waals surface area contributed by atoms with Crippen LogP contribution in [0.2, 0.25) is 0 Å². The maximum absolute atomic E-state index is 12.3. The summed E-state index contributed by atoms with van der Waals surface area (Å²) in [6.45, 7) is 1.91. The molecule has 0 bridgehead atoms. The number of anilines is 2. The summed E-state index contributed by atoms with van der Waals surface area (Å²) in [6, 6.07) is 14.8. The summed E-state index contributed by atoms with van der Waals surface area (Å²) in [6.07, 6.45) is -2.03. The van der Waals surface area contributed by atoms with Gasteiger partial charge in [-0.3, -0.25) is 10.1 Å². The van der Waals surface area contributed by atoms with Crippen LogP contribution in [-0.2, 0) is 14.2 Å². The summed E-state index contributed by atoms with van der Waals surface area (Å²) in [5, 5.41) is 8.20. The van der Waals surface area contributed by atoms with Crippen LogP contribution in [-0.4, -0.2) is 55.5 Å². The molecule has 2 aromatic carbocycles. The third kappa shape index (κ3) is 5.01. The number of nitrogens with one attached hydrogen (secondary N) is 3. The van der Waals surface area contributed by atoms with Gasteiger partial charge in [0.15, 0.2) is 11.9 Å². The predicted molar refractivity (Wildman–Crippen MR) is 112 cm³/mol. The van der Waals surface area contributed by atoms with Crippen molar-refractivity contribution in [3.63, 3.8) is 0 Å². The molecule has 2 heterocycles. The van der Waals surface area contributed by atoms with Crippen molar-refractivity contribution in [3.8, 4) is 0 Å². The molecule has 0 unspecified atom stereocenters. The summed E-state index contributed by atoms with van der Waals surface area (Å²) in [7, 11) is 0. The fourth-order valence-corrected chi connectivity index (χ4v) is 3.62. The van der Waals surface area contributed by atoms with E-state index in [0.717, 1.165) is 0 Å². The normalized spacial score (nSPS) is 24.2. The number of ketones is 1. The third-order valence-corrected chi connectivity index (χ3v) is 5.15. The molecule has 0 aromatic heterocycles. The number of Topliss-reactive ketones (excluding diaryl/α,β-unsaturated/α-hetero) is 1. The van der Waals surface area contributed by atoms with Crippen molar-refractivity contribution < 1.29 is 28.6 Å². The first-order valence-corrected chi connectivity index (χ1v) is 9.94. The number of ether oxygens (including phenoxy) is 3. The van der Waals surface area contributed by atoms with E-state index in [1.165, 1.54) is 6.92 Å². The van der Waals surface area contributed by atoms with E-state index in [1.807, 2.05) is 18.2 Å². The van der Waals surface area contributed by atoms with Gasteiger partial charge in [0.2, 0.25) is 0 Å². The molecule has 9 nitrogen and oxygen atoms in total. The molecule has 0 aliphatic carbocycles. The second kappa shape index (κ2) is 9.15. The molecular weight excluding hydrogens is 402 g/mol. The van der Waals surface area contributed by atoms with Crippen LogP contribution >= 0.6 is 0 Å². The molecule has 2 saturated heterocycles. The van der Waals surface area contributed by atoms with Crippen molar-refractivity contribution in [2.45, 2.75) is 31.3 Å². The van der Waals surface area contributed by atoms with E-state index in [-0.39, 0.29) is 25.0 Å². The zero-order valence-electron chi connectivity index (χ0n) is 16.9. The van der Waals surface area contributed by atoms with Gasteiger partial charge in [0.1, 0.15) is 12.2 Å².